The topological polar surface area (TPSA) is 145 Å². The molecule has 1 aliphatic rings. The number of hydrogen-bond acceptors (Lipinski definition) is 9. The lowest BCUT2D eigenvalue weighted by Crippen LogP contribution is -2.44. The molecule has 4 rings (SSSR count). The zero-order chi connectivity index (χ0) is 34.0. The van der Waals surface area contributed by atoms with Gasteiger partial charge in [-0.25, -0.2) is 0 Å². The second-order valence-corrected chi connectivity index (χ2v) is 13.0. The number of nitrogens with one attached hydrogen (secondary N) is 2. The van der Waals surface area contributed by atoms with Crippen molar-refractivity contribution in [3.8, 4) is 5.75 Å². The quantitative estimate of drug-likeness (QED) is 0.129. The number of nitrogens with zero attached hydrogens (tertiary/aromatic N) is 1. The summed E-state index contributed by atoms with van der Waals surface area (Å²) in [6.45, 7) is 2.77. The fraction of sp³-hybridized carbons (Fsp3) is 0.371. The highest BCUT2D eigenvalue weighted by Gasteiger charge is 2.49. The van der Waals surface area contributed by atoms with Crippen molar-refractivity contribution in [3.05, 3.63) is 78.4 Å². The third kappa shape index (κ3) is 8.36. The lowest BCUT2D eigenvalue weighted by atomic mass is 9.79. The molecule has 47 heavy (non-hydrogen) atoms. The number of aliphatic hydroxyl groups excluding tert-OH is 2. The van der Waals surface area contributed by atoms with Crippen LogP contribution in [0.15, 0.2) is 82.6 Å². The van der Waals surface area contributed by atoms with Gasteiger partial charge in [-0.1, -0.05) is 75.2 Å². The largest absolute Gasteiger partial charge is 0.483 e. The molecule has 3 aromatic rings. The van der Waals surface area contributed by atoms with E-state index in [0.29, 0.717) is 45.3 Å². The molecule has 0 fully saturated rings. The Balaban J connectivity index is 1.63. The summed E-state index contributed by atoms with van der Waals surface area (Å²) in [4.78, 5) is 57.3. The van der Waals surface area contributed by atoms with Gasteiger partial charge < -0.3 is 25.6 Å². The normalized spacial score (nSPS) is 17.3. The first-order valence-corrected chi connectivity index (χ1v) is 17.6. The van der Waals surface area contributed by atoms with Gasteiger partial charge in [0.05, 0.1) is 23.3 Å². The molecular weight excluding hydrogens is 639 g/mol. The van der Waals surface area contributed by atoms with E-state index in [1.54, 1.807) is 41.3 Å². The van der Waals surface area contributed by atoms with Crippen LogP contribution < -0.4 is 20.3 Å². The van der Waals surface area contributed by atoms with Gasteiger partial charge in [0.15, 0.2) is 6.61 Å². The molecule has 0 bridgehead atoms. The highest BCUT2D eigenvalue weighted by atomic mass is 32.2. The molecule has 3 aromatic carbocycles. The maximum Gasteiger partial charge on any atom is 0.258 e. The van der Waals surface area contributed by atoms with E-state index in [9.17, 15) is 24.3 Å². The number of hydrogen-bond donors (Lipinski definition) is 4. The van der Waals surface area contributed by atoms with Crippen molar-refractivity contribution < 1.29 is 34.1 Å². The molecule has 0 aliphatic carbocycles. The van der Waals surface area contributed by atoms with Crippen LogP contribution in [-0.4, -0.2) is 65.2 Å². The Kier molecular flexibility index (Phi) is 12.9. The van der Waals surface area contributed by atoms with Crippen molar-refractivity contribution in [3.63, 3.8) is 0 Å². The Labute approximate surface area is 283 Å². The van der Waals surface area contributed by atoms with Crippen LogP contribution in [0.3, 0.4) is 0 Å². The molecule has 0 spiro atoms. The molecule has 0 aromatic heterocycles. The van der Waals surface area contributed by atoms with Crippen LogP contribution >= 0.6 is 23.5 Å². The standard InChI is InChI=1S/C35H41N3O7S2/c1-4-6-17-35(5-2)33(43)38(24-15-11-8-12-16-24)26-18-29(46-3)27(19-28(26)47-34(35)44)45-22-30(41)37-31(23-13-9-7-10-14-23)32(42)36-20-25(40)21-39/h7-16,18-19,25,31,39-40H,4-6,17,20-22H2,1-3H3,(H,36,42)(H,37,41)/t25-,31?,35?/m1/s1. The highest BCUT2D eigenvalue weighted by Crippen LogP contribution is 2.51. The van der Waals surface area contributed by atoms with E-state index >= 15 is 0 Å². The van der Waals surface area contributed by atoms with Crippen LogP contribution in [0.1, 0.15) is 51.1 Å². The van der Waals surface area contributed by atoms with Gasteiger partial charge in [-0.05, 0) is 60.7 Å². The number of ether oxygens (including phenoxy) is 1. The second-order valence-electron chi connectivity index (χ2n) is 11.2. The number of aliphatic hydroxyl groups is 2. The van der Waals surface area contributed by atoms with Gasteiger partial charge in [0.1, 0.15) is 17.2 Å². The molecule has 0 saturated heterocycles. The van der Waals surface area contributed by atoms with Crippen molar-refractivity contribution >= 4 is 57.7 Å². The fourth-order valence-corrected chi connectivity index (χ4v) is 7.04. The zero-order valence-corrected chi connectivity index (χ0v) is 28.4. The van der Waals surface area contributed by atoms with Gasteiger partial charge >= 0.3 is 0 Å². The van der Waals surface area contributed by atoms with Crippen LogP contribution in [-0.2, 0) is 19.2 Å². The van der Waals surface area contributed by atoms with Crippen LogP contribution in [0.4, 0.5) is 11.4 Å². The number of fused-ring (bicyclic) bond motifs is 1. The average Bonchev–Trinajstić information content (AvgIpc) is 3.18. The summed E-state index contributed by atoms with van der Waals surface area (Å²) >= 11 is 2.40. The molecule has 0 radical (unpaired) electrons. The van der Waals surface area contributed by atoms with E-state index in [4.69, 9.17) is 9.84 Å². The first kappa shape index (κ1) is 36.0. The number of carbonyl (C=O) groups excluding carboxylic acids is 4. The van der Waals surface area contributed by atoms with Gasteiger partial charge in [0.2, 0.25) is 16.9 Å². The minimum absolute atomic E-state index is 0.187. The van der Waals surface area contributed by atoms with Crippen LogP contribution in [0.2, 0.25) is 0 Å². The minimum atomic E-state index is -1.20. The van der Waals surface area contributed by atoms with Gasteiger partial charge in [-0.3, -0.25) is 24.1 Å². The number of anilines is 2. The zero-order valence-electron chi connectivity index (χ0n) is 26.7. The molecule has 3 amide bonds. The van der Waals surface area contributed by atoms with E-state index in [0.717, 1.165) is 24.6 Å². The Hall–Kier alpha value is -3.84. The SMILES string of the molecule is CCCCC1(CC)C(=O)Sc2cc(OCC(=O)NC(C(=O)NC[C@@H](O)CO)c3ccccc3)c(SC)cc2N(c2ccccc2)C1=O. The summed E-state index contributed by atoms with van der Waals surface area (Å²) in [5.41, 5.74) is 0.546. The lowest BCUT2D eigenvalue weighted by Gasteiger charge is -2.33. The summed E-state index contributed by atoms with van der Waals surface area (Å²) < 4.78 is 6.01. The predicted molar refractivity (Wildman–Crippen MR) is 184 cm³/mol. The molecule has 3 atom stereocenters. The molecule has 1 heterocycles. The van der Waals surface area contributed by atoms with Crippen LogP contribution in [0.25, 0.3) is 0 Å². The Morgan fingerprint density at radius 3 is 2.34 bits per heavy atom. The number of carbonyl (C=O) groups is 4. The summed E-state index contributed by atoms with van der Waals surface area (Å²) in [5.74, 6) is -1.03. The third-order valence-corrected chi connectivity index (χ3v) is 9.93. The molecule has 250 valence electrons. The summed E-state index contributed by atoms with van der Waals surface area (Å²) in [7, 11) is 0. The highest BCUT2D eigenvalue weighted by molar-refractivity contribution is 8.14. The van der Waals surface area contributed by atoms with E-state index in [1.807, 2.05) is 56.5 Å². The lowest BCUT2D eigenvalue weighted by molar-refractivity contribution is -0.136. The number of rotatable bonds is 15. The Morgan fingerprint density at radius 2 is 1.72 bits per heavy atom. The van der Waals surface area contributed by atoms with Crippen molar-refractivity contribution in [1.29, 1.82) is 0 Å². The molecule has 4 N–H and O–H groups in total. The number of para-hydroxylation sites is 1. The van der Waals surface area contributed by atoms with Gasteiger partial charge in [0, 0.05) is 17.1 Å². The molecular formula is C35H41N3O7S2. The van der Waals surface area contributed by atoms with Crippen molar-refractivity contribution in [1.82, 2.24) is 10.6 Å². The summed E-state index contributed by atoms with van der Waals surface area (Å²) in [5, 5.41) is 23.8. The van der Waals surface area contributed by atoms with Crippen LogP contribution in [0, 0.1) is 5.41 Å². The van der Waals surface area contributed by atoms with Gasteiger partial charge in [0.25, 0.3) is 5.91 Å². The first-order valence-electron chi connectivity index (χ1n) is 15.6. The molecule has 1 aliphatic heterocycles. The smallest absolute Gasteiger partial charge is 0.258 e. The first-order chi connectivity index (χ1) is 22.7. The predicted octanol–water partition coefficient (Wildman–Crippen LogP) is 5.00. The van der Waals surface area contributed by atoms with Gasteiger partial charge in [-0.2, -0.15) is 0 Å². The second kappa shape index (κ2) is 16.8. The summed E-state index contributed by atoms with van der Waals surface area (Å²) in [6, 6.07) is 20.3. The van der Waals surface area contributed by atoms with E-state index in [-0.39, 0.29) is 17.6 Å². The Bertz CT molecular complexity index is 1560. The van der Waals surface area contributed by atoms with Gasteiger partial charge in [-0.15, -0.1) is 11.8 Å². The van der Waals surface area contributed by atoms with E-state index in [2.05, 4.69) is 10.6 Å². The molecule has 0 saturated carbocycles. The number of unbranched alkanes of at least 4 members (excludes halogenated alkanes) is 1. The number of amides is 3. The minimum Gasteiger partial charge on any atom is -0.483 e. The van der Waals surface area contributed by atoms with Crippen molar-refractivity contribution in [2.75, 3.05) is 30.9 Å². The fourth-order valence-electron chi connectivity index (χ4n) is 5.34. The molecule has 10 nitrogen and oxygen atoms in total. The average molecular weight is 680 g/mol. The third-order valence-electron chi connectivity index (χ3n) is 8.05. The van der Waals surface area contributed by atoms with Crippen LogP contribution in [0.5, 0.6) is 5.75 Å². The summed E-state index contributed by atoms with van der Waals surface area (Å²) in [6.07, 6.45) is 3.10. The monoisotopic (exact) mass is 679 g/mol. The molecule has 2 unspecified atom stereocenters. The molecule has 12 heteroatoms. The maximum atomic E-state index is 14.4. The number of benzene rings is 3. The van der Waals surface area contributed by atoms with Crippen molar-refractivity contribution in [2.24, 2.45) is 5.41 Å². The van der Waals surface area contributed by atoms with E-state index < -0.39 is 42.6 Å². The van der Waals surface area contributed by atoms with Crippen molar-refractivity contribution in [2.45, 2.75) is 61.5 Å². The maximum absolute atomic E-state index is 14.4. The van der Waals surface area contributed by atoms with E-state index in [1.165, 1.54) is 11.8 Å². The number of thioether (sulfide) groups is 2. The Morgan fingerprint density at radius 1 is 1.04 bits per heavy atom.